The van der Waals surface area contributed by atoms with Crippen molar-refractivity contribution in [3.05, 3.63) is 0 Å². The van der Waals surface area contributed by atoms with Crippen LogP contribution in [0, 0.1) is 29.6 Å². The second kappa shape index (κ2) is 10.0. The van der Waals surface area contributed by atoms with Gasteiger partial charge in [-0.1, -0.05) is 48.5 Å². The number of nitrogens with two attached hydrogens (primary N) is 1. The monoisotopic (exact) mass is 353 g/mol. The van der Waals surface area contributed by atoms with Gasteiger partial charge in [0.05, 0.1) is 0 Å². The molecule has 0 aliphatic carbocycles. The van der Waals surface area contributed by atoms with Gasteiger partial charge in [0.2, 0.25) is 11.8 Å². The molecule has 1 heterocycles. The summed E-state index contributed by atoms with van der Waals surface area (Å²) >= 11 is 0. The Morgan fingerprint density at radius 2 is 1.76 bits per heavy atom. The van der Waals surface area contributed by atoms with Crippen molar-refractivity contribution in [1.82, 2.24) is 4.90 Å². The molecule has 0 aromatic rings. The molecule has 3 unspecified atom stereocenters. The van der Waals surface area contributed by atoms with Crippen LogP contribution in [0.2, 0.25) is 0 Å². The lowest BCUT2D eigenvalue weighted by atomic mass is 9.82. The van der Waals surface area contributed by atoms with Crippen LogP contribution in [0.25, 0.3) is 0 Å². The number of hydrazone groups is 1. The van der Waals surface area contributed by atoms with Gasteiger partial charge in [-0.05, 0) is 37.0 Å². The van der Waals surface area contributed by atoms with Gasteiger partial charge >= 0.3 is 0 Å². The maximum atomic E-state index is 12.0. The van der Waals surface area contributed by atoms with E-state index in [1.165, 1.54) is 0 Å². The number of hydrogen-bond acceptors (Lipinski definition) is 4. The van der Waals surface area contributed by atoms with Gasteiger partial charge in [-0.3, -0.25) is 4.79 Å². The van der Waals surface area contributed by atoms with Crippen LogP contribution < -0.4 is 5.84 Å². The standard InChI is InChI=1S/C20H39N3O2/c1-8-18(13(2)3)25-19(22-21)16(7)10-9-15(6)17-11-23(12-17)20(24)14(4)5/h13-18H,8-12,21H2,1-7H3/b22-19-. The minimum Gasteiger partial charge on any atom is -0.476 e. The van der Waals surface area contributed by atoms with Gasteiger partial charge in [-0.15, -0.1) is 5.10 Å². The third kappa shape index (κ3) is 6.19. The zero-order chi connectivity index (χ0) is 19.1. The average molecular weight is 354 g/mol. The Kier molecular flexibility index (Phi) is 8.74. The number of amides is 1. The van der Waals surface area contributed by atoms with Crippen molar-refractivity contribution in [3.63, 3.8) is 0 Å². The predicted molar refractivity (Wildman–Crippen MR) is 104 cm³/mol. The molecule has 3 atom stereocenters. The largest absolute Gasteiger partial charge is 0.476 e. The first-order valence-electron chi connectivity index (χ1n) is 9.94. The molecule has 2 N–H and O–H groups in total. The van der Waals surface area contributed by atoms with Crippen molar-refractivity contribution >= 4 is 11.8 Å². The van der Waals surface area contributed by atoms with Crippen LogP contribution >= 0.6 is 0 Å². The van der Waals surface area contributed by atoms with Crippen LogP contribution in [0.15, 0.2) is 5.10 Å². The lowest BCUT2D eigenvalue weighted by molar-refractivity contribution is -0.142. The average Bonchev–Trinajstić information content (AvgIpc) is 2.51. The molecule has 1 aliphatic heterocycles. The summed E-state index contributed by atoms with van der Waals surface area (Å²) in [6.07, 6.45) is 3.25. The van der Waals surface area contributed by atoms with E-state index in [4.69, 9.17) is 10.6 Å². The lowest BCUT2D eigenvalue weighted by Gasteiger charge is -2.43. The van der Waals surface area contributed by atoms with Gasteiger partial charge in [-0.2, -0.15) is 0 Å². The summed E-state index contributed by atoms with van der Waals surface area (Å²) in [5.41, 5.74) is 0. The Balaban J connectivity index is 2.40. The van der Waals surface area contributed by atoms with Gasteiger partial charge in [0.1, 0.15) is 6.10 Å². The molecule has 0 aromatic carbocycles. The van der Waals surface area contributed by atoms with Crippen LogP contribution in [-0.4, -0.2) is 35.9 Å². The predicted octanol–water partition coefficient (Wildman–Crippen LogP) is 3.88. The van der Waals surface area contributed by atoms with E-state index < -0.39 is 0 Å². The zero-order valence-corrected chi connectivity index (χ0v) is 17.3. The van der Waals surface area contributed by atoms with Gasteiger partial charge in [0.25, 0.3) is 0 Å². The second-order valence-electron chi connectivity index (χ2n) is 8.39. The summed E-state index contributed by atoms with van der Waals surface area (Å²) in [5, 5.41) is 3.91. The molecule has 1 amide bonds. The molecule has 25 heavy (non-hydrogen) atoms. The maximum absolute atomic E-state index is 12.0. The fraction of sp³-hybridized carbons (Fsp3) is 0.900. The zero-order valence-electron chi connectivity index (χ0n) is 17.3. The Morgan fingerprint density at radius 3 is 2.20 bits per heavy atom. The Bertz CT molecular complexity index is 442. The summed E-state index contributed by atoms with van der Waals surface area (Å²) in [4.78, 5) is 13.9. The molecule has 5 heteroatoms. The number of hydrogen-bond donors (Lipinski definition) is 1. The molecule has 0 radical (unpaired) electrons. The highest BCUT2D eigenvalue weighted by Gasteiger charge is 2.35. The number of likely N-dealkylation sites (tertiary alicyclic amines) is 1. The van der Waals surface area contributed by atoms with Crippen molar-refractivity contribution < 1.29 is 9.53 Å². The van der Waals surface area contributed by atoms with E-state index in [1.807, 2.05) is 18.7 Å². The van der Waals surface area contributed by atoms with E-state index in [-0.39, 0.29) is 23.8 Å². The molecule has 0 aromatic heterocycles. The number of nitrogens with zero attached hydrogens (tertiary/aromatic N) is 2. The van der Waals surface area contributed by atoms with Crippen molar-refractivity contribution in [1.29, 1.82) is 0 Å². The van der Waals surface area contributed by atoms with Gasteiger partial charge in [0.15, 0.2) is 0 Å². The van der Waals surface area contributed by atoms with E-state index in [2.05, 4.69) is 39.7 Å². The highest BCUT2D eigenvalue weighted by atomic mass is 16.5. The molecule has 146 valence electrons. The van der Waals surface area contributed by atoms with Crippen LogP contribution in [0.5, 0.6) is 0 Å². The highest BCUT2D eigenvalue weighted by molar-refractivity contribution is 5.79. The van der Waals surface area contributed by atoms with Crippen LogP contribution in [-0.2, 0) is 9.53 Å². The molecule has 0 spiro atoms. The fourth-order valence-corrected chi connectivity index (χ4v) is 3.41. The molecular weight excluding hydrogens is 314 g/mol. The number of rotatable bonds is 9. The molecule has 5 nitrogen and oxygen atoms in total. The molecule has 0 bridgehead atoms. The quantitative estimate of drug-likeness (QED) is 0.296. The van der Waals surface area contributed by atoms with Crippen LogP contribution in [0.4, 0.5) is 0 Å². The topological polar surface area (TPSA) is 67.9 Å². The van der Waals surface area contributed by atoms with Crippen molar-refractivity contribution in [2.45, 2.75) is 73.8 Å². The summed E-state index contributed by atoms with van der Waals surface area (Å²) in [6, 6.07) is 0. The number of ether oxygens (including phenoxy) is 1. The van der Waals surface area contributed by atoms with E-state index >= 15 is 0 Å². The van der Waals surface area contributed by atoms with Gasteiger partial charge < -0.3 is 15.5 Å². The molecule has 1 rings (SSSR count). The van der Waals surface area contributed by atoms with Crippen LogP contribution in [0.3, 0.4) is 0 Å². The minimum absolute atomic E-state index is 0.101. The molecule has 0 saturated carbocycles. The van der Waals surface area contributed by atoms with E-state index in [0.29, 0.717) is 23.7 Å². The first-order chi connectivity index (χ1) is 11.7. The van der Waals surface area contributed by atoms with Crippen molar-refractivity contribution in [2.24, 2.45) is 40.5 Å². The number of carbonyl (C=O) groups excluding carboxylic acids is 1. The summed E-state index contributed by atoms with van der Waals surface area (Å²) in [5.74, 6) is 8.54. The number of carbonyl (C=O) groups is 1. The third-order valence-corrected chi connectivity index (χ3v) is 5.54. The van der Waals surface area contributed by atoms with Crippen molar-refractivity contribution in [3.8, 4) is 0 Å². The summed E-state index contributed by atoms with van der Waals surface area (Å²) < 4.78 is 6.05. The molecule has 1 saturated heterocycles. The Hall–Kier alpha value is -1.26. The minimum atomic E-state index is 0.101. The first-order valence-corrected chi connectivity index (χ1v) is 9.94. The smallest absolute Gasteiger partial charge is 0.225 e. The van der Waals surface area contributed by atoms with E-state index in [0.717, 1.165) is 32.4 Å². The Labute approximate surface area is 154 Å². The Morgan fingerprint density at radius 1 is 1.16 bits per heavy atom. The molecule has 1 fully saturated rings. The highest BCUT2D eigenvalue weighted by Crippen LogP contribution is 2.29. The third-order valence-electron chi connectivity index (χ3n) is 5.54. The normalized spacial score (nSPS) is 19.7. The molecular formula is C20H39N3O2. The SMILES string of the molecule is CCC(O/C(=N\N)C(C)CCC(C)C1CN(C(=O)C(C)C)C1)C(C)C. The second-order valence-corrected chi connectivity index (χ2v) is 8.39. The van der Waals surface area contributed by atoms with E-state index in [1.54, 1.807) is 0 Å². The maximum Gasteiger partial charge on any atom is 0.225 e. The lowest BCUT2D eigenvalue weighted by Crippen LogP contribution is -2.53. The molecule has 1 aliphatic rings. The first kappa shape index (κ1) is 21.8. The van der Waals surface area contributed by atoms with E-state index in [9.17, 15) is 4.79 Å². The van der Waals surface area contributed by atoms with Crippen molar-refractivity contribution in [2.75, 3.05) is 13.1 Å². The summed E-state index contributed by atoms with van der Waals surface area (Å²) in [6.45, 7) is 16.6. The fourth-order valence-electron chi connectivity index (χ4n) is 3.41. The summed E-state index contributed by atoms with van der Waals surface area (Å²) in [7, 11) is 0. The van der Waals surface area contributed by atoms with Gasteiger partial charge in [0, 0.05) is 24.9 Å². The van der Waals surface area contributed by atoms with Gasteiger partial charge in [-0.25, -0.2) is 0 Å². The van der Waals surface area contributed by atoms with Crippen LogP contribution in [0.1, 0.15) is 67.7 Å².